The summed E-state index contributed by atoms with van der Waals surface area (Å²) in [4.78, 5) is 26.1. The van der Waals surface area contributed by atoms with Crippen LogP contribution in [0.4, 0.5) is 0 Å². The SMILES string of the molecule is Cc1ccnc(OC[C@@H]2CCS(=O)(=O)C23CN(C(=O)c2c[nH]c4ccccc24)C3)n1. The summed E-state index contributed by atoms with van der Waals surface area (Å²) in [5, 5.41) is 0.842. The van der Waals surface area contributed by atoms with E-state index in [1.54, 1.807) is 23.4 Å². The quantitative estimate of drug-likeness (QED) is 0.684. The Morgan fingerprint density at radius 2 is 2.10 bits per heavy atom. The molecule has 1 N–H and O–H groups in total. The minimum absolute atomic E-state index is 0.116. The maximum Gasteiger partial charge on any atom is 0.316 e. The Labute approximate surface area is 174 Å². The lowest BCUT2D eigenvalue weighted by Crippen LogP contribution is -2.68. The zero-order valence-electron chi connectivity index (χ0n) is 16.5. The van der Waals surface area contributed by atoms with Crippen molar-refractivity contribution in [2.75, 3.05) is 25.4 Å². The number of H-pyrrole nitrogens is 1. The molecule has 0 aliphatic carbocycles. The fourth-order valence-electron chi connectivity index (χ4n) is 4.54. The lowest BCUT2D eigenvalue weighted by atomic mass is 9.83. The number of amides is 1. The number of sulfone groups is 1. The summed E-state index contributed by atoms with van der Waals surface area (Å²) in [6, 6.07) is 9.60. The van der Waals surface area contributed by atoms with E-state index < -0.39 is 14.6 Å². The predicted molar refractivity (Wildman–Crippen MR) is 111 cm³/mol. The summed E-state index contributed by atoms with van der Waals surface area (Å²) in [6.45, 7) is 2.45. The minimum Gasteiger partial charge on any atom is -0.463 e. The molecule has 0 radical (unpaired) electrons. The number of carbonyl (C=O) groups is 1. The number of ether oxygens (including phenoxy) is 1. The number of nitrogens with zero attached hydrogens (tertiary/aromatic N) is 3. The number of para-hydroxylation sites is 1. The number of hydrogen-bond acceptors (Lipinski definition) is 6. The number of likely N-dealkylation sites (tertiary alicyclic amines) is 1. The second kappa shape index (κ2) is 6.80. The van der Waals surface area contributed by atoms with Crippen LogP contribution in [0.25, 0.3) is 10.9 Å². The molecule has 5 rings (SSSR count). The van der Waals surface area contributed by atoms with Gasteiger partial charge in [0.15, 0.2) is 9.84 Å². The van der Waals surface area contributed by atoms with Crippen molar-refractivity contribution in [2.45, 2.75) is 18.1 Å². The van der Waals surface area contributed by atoms with E-state index in [2.05, 4.69) is 15.0 Å². The first-order valence-electron chi connectivity index (χ1n) is 9.90. The minimum atomic E-state index is -3.31. The van der Waals surface area contributed by atoms with Gasteiger partial charge < -0.3 is 14.6 Å². The Bertz CT molecular complexity index is 1230. The van der Waals surface area contributed by atoms with Gasteiger partial charge in [-0.1, -0.05) is 18.2 Å². The zero-order valence-corrected chi connectivity index (χ0v) is 17.4. The third kappa shape index (κ3) is 2.87. The van der Waals surface area contributed by atoms with E-state index in [0.717, 1.165) is 16.6 Å². The predicted octanol–water partition coefficient (Wildman–Crippen LogP) is 1.97. The standard InChI is InChI=1S/C21H22N4O4S/c1-14-6-8-22-20(24-14)29-11-15-7-9-30(27,28)21(15)12-25(13-21)19(26)17-10-23-18-5-3-2-4-16(17)18/h2-6,8,10,15,23H,7,9,11-13H2,1H3/t15-/m0/s1. The van der Waals surface area contributed by atoms with Crippen LogP contribution in [0, 0.1) is 12.8 Å². The molecule has 1 amide bonds. The first kappa shape index (κ1) is 19.0. The van der Waals surface area contributed by atoms with E-state index in [4.69, 9.17) is 4.74 Å². The summed E-state index contributed by atoms with van der Waals surface area (Å²) in [5.41, 5.74) is 2.23. The van der Waals surface area contributed by atoms with Crippen LogP contribution in [0.2, 0.25) is 0 Å². The van der Waals surface area contributed by atoms with Gasteiger partial charge in [-0.25, -0.2) is 18.4 Å². The van der Waals surface area contributed by atoms with E-state index in [1.165, 1.54) is 0 Å². The fraction of sp³-hybridized carbons (Fsp3) is 0.381. The van der Waals surface area contributed by atoms with Crippen molar-refractivity contribution in [3.63, 3.8) is 0 Å². The molecule has 3 aromatic rings. The van der Waals surface area contributed by atoms with Gasteiger partial charge in [0.05, 0.1) is 17.9 Å². The number of fused-ring (bicyclic) bond motifs is 1. The van der Waals surface area contributed by atoms with Crippen LogP contribution in [-0.4, -0.2) is 64.4 Å². The van der Waals surface area contributed by atoms with Crippen molar-refractivity contribution in [2.24, 2.45) is 5.92 Å². The van der Waals surface area contributed by atoms with Crippen LogP contribution in [0.3, 0.4) is 0 Å². The molecule has 1 spiro atoms. The summed E-state index contributed by atoms with van der Waals surface area (Å²) in [5.74, 6) is -0.231. The average Bonchev–Trinajstić information content (AvgIpc) is 3.23. The molecule has 2 aliphatic heterocycles. The zero-order chi connectivity index (χ0) is 20.9. The van der Waals surface area contributed by atoms with Gasteiger partial charge in [-0.15, -0.1) is 0 Å². The van der Waals surface area contributed by atoms with Crippen LogP contribution in [0.15, 0.2) is 42.7 Å². The summed E-state index contributed by atoms with van der Waals surface area (Å²) >= 11 is 0. The highest BCUT2D eigenvalue weighted by atomic mass is 32.2. The molecular formula is C21H22N4O4S. The van der Waals surface area contributed by atoms with Gasteiger partial charge >= 0.3 is 6.01 Å². The Morgan fingerprint density at radius 1 is 1.30 bits per heavy atom. The normalized spacial score (nSPS) is 21.6. The number of aryl methyl sites for hydroxylation is 1. The molecule has 0 unspecified atom stereocenters. The largest absolute Gasteiger partial charge is 0.463 e. The molecule has 156 valence electrons. The molecule has 1 atom stereocenters. The smallest absolute Gasteiger partial charge is 0.316 e. The van der Waals surface area contributed by atoms with Crippen LogP contribution in [0.5, 0.6) is 6.01 Å². The first-order valence-corrected chi connectivity index (χ1v) is 11.5. The van der Waals surface area contributed by atoms with Gasteiger partial charge in [-0.2, -0.15) is 0 Å². The molecule has 0 bridgehead atoms. The topological polar surface area (TPSA) is 105 Å². The van der Waals surface area contributed by atoms with Crippen molar-refractivity contribution >= 4 is 26.6 Å². The summed E-state index contributed by atoms with van der Waals surface area (Å²) in [7, 11) is -3.31. The second-order valence-electron chi connectivity index (χ2n) is 8.07. The van der Waals surface area contributed by atoms with Crippen LogP contribution in [0.1, 0.15) is 22.5 Å². The maximum absolute atomic E-state index is 13.0. The first-order chi connectivity index (χ1) is 14.4. The number of nitrogens with one attached hydrogen (secondary N) is 1. The van der Waals surface area contributed by atoms with E-state index in [1.807, 2.05) is 31.2 Å². The number of hydrogen-bond donors (Lipinski definition) is 1. The van der Waals surface area contributed by atoms with E-state index in [0.29, 0.717) is 12.0 Å². The fourth-order valence-corrected chi connectivity index (χ4v) is 6.94. The Kier molecular flexibility index (Phi) is 4.32. The molecule has 8 nitrogen and oxygen atoms in total. The summed E-state index contributed by atoms with van der Waals surface area (Å²) in [6.07, 6.45) is 3.82. The highest BCUT2D eigenvalue weighted by Gasteiger charge is 2.62. The summed E-state index contributed by atoms with van der Waals surface area (Å²) < 4.78 is 30.5. The van der Waals surface area contributed by atoms with Crippen LogP contribution in [-0.2, 0) is 9.84 Å². The molecule has 2 aliphatic rings. The lowest BCUT2D eigenvalue weighted by Gasteiger charge is -2.49. The average molecular weight is 426 g/mol. The highest BCUT2D eigenvalue weighted by Crippen LogP contribution is 2.45. The molecular weight excluding hydrogens is 404 g/mol. The number of benzene rings is 1. The van der Waals surface area contributed by atoms with Crippen molar-refractivity contribution in [3.8, 4) is 6.01 Å². The number of carbonyl (C=O) groups excluding carboxylic acids is 1. The molecule has 4 heterocycles. The Hall–Kier alpha value is -2.94. The van der Waals surface area contributed by atoms with Crippen LogP contribution < -0.4 is 4.74 Å². The maximum atomic E-state index is 13.0. The van der Waals surface area contributed by atoms with Gasteiger partial charge in [0.1, 0.15) is 4.75 Å². The number of rotatable bonds is 4. The van der Waals surface area contributed by atoms with E-state index in [-0.39, 0.29) is 43.3 Å². The molecule has 30 heavy (non-hydrogen) atoms. The van der Waals surface area contributed by atoms with Gasteiger partial charge in [0.25, 0.3) is 5.91 Å². The second-order valence-corrected chi connectivity index (χ2v) is 10.5. The number of aromatic amines is 1. The molecule has 2 fully saturated rings. The molecule has 0 saturated carbocycles. The van der Waals surface area contributed by atoms with E-state index >= 15 is 0 Å². The van der Waals surface area contributed by atoms with Crippen molar-refractivity contribution < 1.29 is 17.9 Å². The molecule has 2 aromatic heterocycles. The Morgan fingerprint density at radius 3 is 2.90 bits per heavy atom. The molecule has 1 aromatic carbocycles. The molecule has 9 heteroatoms. The van der Waals surface area contributed by atoms with Crippen LogP contribution >= 0.6 is 0 Å². The van der Waals surface area contributed by atoms with Gasteiger partial charge in [-0.05, 0) is 25.5 Å². The van der Waals surface area contributed by atoms with Gasteiger partial charge in [0, 0.05) is 48.0 Å². The third-order valence-electron chi connectivity index (χ3n) is 6.31. The Balaban J connectivity index is 1.33. The van der Waals surface area contributed by atoms with Gasteiger partial charge in [-0.3, -0.25) is 4.79 Å². The third-order valence-corrected chi connectivity index (χ3v) is 8.91. The lowest BCUT2D eigenvalue weighted by molar-refractivity contribution is 0.0405. The monoisotopic (exact) mass is 426 g/mol. The van der Waals surface area contributed by atoms with Gasteiger partial charge in [0.2, 0.25) is 0 Å². The molecule has 2 saturated heterocycles. The highest BCUT2D eigenvalue weighted by molar-refractivity contribution is 7.93. The van der Waals surface area contributed by atoms with Crippen molar-refractivity contribution in [1.29, 1.82) is 0 Å². The van der Waals surface area contributed by atoms with Crippen molar-refractivity contribution in [1.82, 2.24) is 19.9 Å². The number of aromatic nitrogens is 3. The van der Waals surface area contributed by atoms with Crippen molar-refractivity contribution in [3.05, 3.63) is 54.0 Å². The van der Waals surface area contributed by atoms with E-state index in [9.17, 15) is 13.2 Å².